The van der Waals surface area contributed by atoms with E-state index in [4.69, 9.17) is 11.6 Å². The zero-order valence-electron chi connectivity index (χ0n) is 9.50. The van der Waals surface area contributed by atoms with E-state index in [1.807, 2.05) is 19.9 Å². The van der Waals surface area contributed by atoms with Crippen LogP contribution in [0.4, 0.5) is 4.39 Å². The van der Waals surface area contributed by atoms with Gasteiger partial charge in [-0.25, -0.2) is 4.39 Å². The molecule has 1 N–H and O–H groups in total. The minimum Gasteiger partial charge on any atom is -0.383 e. The number of aryl methyl sites for hydroxylation is 2. The second kappa shape index (κ2) is 4.77. The molecular weight excluding hydrogens is 259 g/mol. The van der Waals surface area contributed by atoms with Crippen LogP contribution in [0.15, 0.2) is 24.3 Å². The lowest BCUT2D eigenvalue weighted by atomic mass is 10.1. The Bertz CT molecular complexity index is 550. The van der Waals surface area contributed by atoms with E-state index in [-0.39, 0.29) is 5.02 Å². The summed E-state index contributed by atoms with van der Waals surface area (Å²) in [6.45, 7) is 3.94. The quantitative estimate of drug-likeness (QED) is 0.865. The maximum absolute atomic E-state index is 13.0. The molecule has 1 heterocycles. The smallest absolute Gasteiger partial charge is 0.141 e. The Kier molecular flexibility index (Phi) is 3.52. The number of halogens is 2. The van der Waals surface area contributed by atoms with Gasteiger partial charge in [0.25, 0.3) is 0 Å². The monoisotopic (exact) mass is 270 g/mol. The van der Waals surface area contributed by atoms with Gasteiger partial charge in [0.15, 0.2) is 0 Å². The van der Waals surface area contributed by atoms with Crippen LogP contribution >= 0.6 is 22.9 Å². The fraction of sp³-hybridized carbons (Fsp3) is 0.231. The van der Waals surface area contributed by atoms with Crippen molar-refractivity contribution in [2.24, 2.45) is 0 Å². The van der Waals surface area contributed by atoms with Crippen LogP contribution in [-0.4, -0.2) is 5.11 Å². The van der Waals surface area contributed by atoms with Crippen molar-refractivity contribution >= 4 is 22.9 Å². The standard InChI is InChI=1S/C13H12ClFOS/c1-7-5-8(2)17-13(7)12(16)9-3-4-11(15)10(14)6-9/h3-6,12,16H,1-2H3. The van der Waals surface area contributed by atoms with E-state index in [2.05, 4.69) is 0 Å². The van der Waals surface area contributed by atoms with Gasteiger partial charge in [0, 0.05) is 9.75 Å². The molecule has 0 radical (unpaired) electrons. The summed E-state index contributed by atoms with van der Waals surface area (Å²) in [6, 6.07) is 6.32. The fourth-order valence-corrected chi connectivity index (χ4v) is 3.00. The highest BCUT2D eigenvalue weighted by Crippen LogP contribution is 2.33. The molecule has 17 heavy (non-hydrogen) atoms. The van der Waals surface area contributed by atoms with Gasteiger partial charge in [0.05, 0.1) is 5.02 Å². The van der Waals surface area contributed by atoms with Gasteiger partial charge in [0.1, 0.15) is 11.9 Å². The van der Waals surface area contributed by atoms with Crippen LogP contribution in [0.2, 0.25) is 5.02 Å². The van der Waals surface area contributed by atoms with Gasteiger partial charge < -0.3 is 5.11 Å². The molecule has 2 rings (SSSR count). The molecule has 0 fully saturated rings. The lowest BCUT2D eigenvalue weighted by molar-refractivity contribution is 0.223. The highest BCUT2D eigenvalue weighted by Gasteiger charge is 2.16. The van der Waals surface area contributed by atoms with E-state index < -0.39 is 11.9 Å². The third-order valence-electron chi connectivity index (χ3n) is 2.59. The molecule has 0 aliphatic rings. The summed E-state index contributed by atoms with van der Waals surface area (Å²) in [5, 5.41) is 10.3. The Morgan fingerprint density at radius 3 is 2.53 bits per heavy atom. The first-order chi connectivity index (χ1) is 7.99. The minimum atomic E-state index is -0.744. The largest absolute Gasteiger partial charge is 0.383 e. The molecule has 0 saturated heterocycles. The van der Waals surface area contributed by atoms with Gasteiger partial charge in [-0.15, -0.1) is 11.3 Å². The summed E-state index contributed by atoms with van der Waals surface area (Å²) in [6.07, 6.45) is -0.744. The second-order valence-corrected chi connectivity index (χ2v) is 5.68. The Hall–Kier alpha value is -0.900. The molecule has 0 aliphatic carbocycles. The number of benzene rings is 1. The molecule has 2 aromatic rings. The summed E-state index contributed by atoms with van der Waals surface area (Å²) >= 11 is 7.25. The molecule has 1 aromatic carbocycles. The molecule has 1 unspecified atom stereocenters. The van der Waals surface area contributed by atoms with Gasteiger partial charge in [-0.2, -0.15) is 0 Å². The summed E-state index contributed by atoms with van der Waals surface area (Å²) < 4.78 is 13.0. The van der Waals surface area contributed by atoms with Gasteiger partial charge in [0.2, 0.25) is 0 Å². The van der Waals surface area contributed by atoms with Crippen LogP contribution in [0, 0.1) is 19.7 Å². The SMILES string of the molecule is Cc1cc(C)c(C(O)c2ccc(F)c(Cl)c2)s1. The highest BCUT2D eigenvalue weighted by molar-refractivity contribution is 7.12. The van der Waals surface area contributed by atoms with Gasteiger partial charge >= 0.3 is 0 Å². The normalized spacial score (nSPS) is 12.8. The van der Waals surface area contributed by atoms with Crippen molar-refractivity contribution in [3.63, 3.8) is 0 Å². The van der Waals surface area contributed by atoms with Crippen molar-refractivity contribution in [3.8, 4) is 0 Å². The average molecular weight is 271 g/mol. The van der Waals surface area contributed by atoms with Gasteiger partial charge in [-0.1, -0.05) is 17.7 Å². The van der Waals surface area contributed by atoms with Crippen molar-refractivity contribution in [2.75, 3.05) is 0 Å². The highest BCUT2D eigenvalue weighted by atomic mass is 35.5. The molecule has 4 heteroatoms. The predicted molar refractivity (Wildman–Crippen MR) is 69.3 cm³/mol. The molecule has 0 spiro atoms. The number of rotatable bonds is 2. The van der Waals surface area contributed by atoms with Crippen LogP contribution in [0.5, 0.6) is 0 Å². The molecule has 0 saturated carbocycles. The third-order valence-corrected chi connectivity index (χ3v) is 4.08. The van der Waals surface area contributed by atoms with Crippen molar-refractivity contribution in [1.29, 1.82) is 0 Å². The lowest BCUT2D eigenvalue weighted by Gasteiger charge is -2.11. The number of hydrogen-bond acceptors (Lipinski definition) is 2. The zero-order chi connectivity index (χ0) is 12.6. The van der Waals surface area contributed by atoms with Crippen molar-refractivity contribution in [2.45, 2.75) is 20.0 Å². The second-order valence-electron chi connectivity index (χ2n) is 3.98. The number of thiophene rings is 1. The van der Waals surface area contributed by atoms with E-state index >= 15 is 0 Å². The molecule has 1 nitrogen and oxygen atoms in total. The lowest BCUT2D eigenvalue weighted by Crippen LogP contribution is -1.99. The summed E-state index contributed by atoms with van der Waals surface area (Å²) in [4.78, 5) is 2.02. The third kappa shape index (κ3) is 2.51. The van der Waals surface area contributed by atoms with Gasteiger partial charge in [-0.05, 0) is 43.2 Å². The average Bonchev–Trinajstić information content (AvgIpc) is 2.61. The Morgan fingerprint density at radius 1 is 1.29 bits per heavy atom. The maximum atomic E-state index is 13.0. The van der Waals surface area contributed by atoms with Gasteiger partial charge in [-0.3, -0.25) is 0 Å². The minimum absolute atomic E-state index is 0.0347. The number of aliphatic hydroxyl groups is 1. The zero-order valence-corrected chi connectivity index (χ0v) is 11.1. The van der Waals surface area contributed by atoms with Crippen LogP contribution in [0.1, 0.15) is 27.0 Å². The first-order valence-corrected chi connectivity index (χ1v) is 6.38. The Labute approximate surface area is 108 Å². The van der Waals surface area contributed by atoms with E-state index in [0.29, 0.717) is 5.56 Å². The molecule has 1 atom stereocenters. The Balaban J connectivity index is 2.40. The maximum Gasteiger partial charge on any atom is 0.141 e. The summed E-state index contributed by atoms with van der Waals surface area (Å²) in [5.41, 5.74) is 1.65. The molecule has 0 aliphatic heterocycles. The van der Waals surface area contributed by atoms with Crippen molar-refractivity contribution < 1.29 is 9.50 Å². The summed E-state index contributed by atoms with van der Waals surface area (Å²) in [5.74, 6) is -0.471. The van der Waals surface area contributed by atoms with E-state index in [9.17, 15) is 9.50 Å². The fourth-order valence-electron chi connectivity index (χ4n) is 1.76. The van der Waals surface area contributed by atoms with Crippen LogP contribution in [-0.2, 0) is 0 Å². The first-order valence-electron chi connectivity index (χ1n) is 5.19. The van der Waals surface area contributed by atoms with E-state index in [1.165, 1.54) is 12.1 Å². The molecule has 90 valence electrons. The van der Waals surface area contributed by atoms with E-state index in [0.717, 1.165) is 15.3 Å². The first kappa shape index (κ1) is 12.6. The summed E-state index contributed by atoms with van der Waals surface area (Å²) in [7, 11) is 0. The van der Waals surface area contributed by atoms with Crippen LogP contribution in [0.25, 0.3) is 0 Å². The molecule has 0 amide bonds. The molecular formula is C13H12ClFOS. The van der Waals surface area contributed by atoms with Crippen LogP contribution in [0.3, 0.4) is 0 Å². The molecule has 0 bridgehead atoms. The Morgan fingerprint density at radius 2 is 2.00 bits per heavy atom. The number of aliphatic hydroxyl groups excluding tert-OH is 1. The van der Waals surface area contributed by atoms with E-state index in [1.54, 1.807) is 17.4 Å². The topological polar surface area (TPSA) is 20.2 Å². The number of hydrogen-bond donors (Lipinski definition) is 1. The predicted octanol–water partition coefficient (Wildman–Crippen LogP) is 4.24. The van der Waals surface area contributed by atoms with Crippen molar-refractivity contribution in [1.82, 2.24) is 0 Å². The van der Waals surface area contributed by atoms with Crippen molar-refractivity contribution in [3.05, 3.63) is 56.0 Å². The van der Waals surface area contributed by atoms with Crippen LogP contribution < -0.4 is 0 Å². The molecule has 1 aromatic heterocycles.